The minimum atomic E-state index is -0.576. The van der Waals surface area contributed by atoms with E-state index in [2.05, 4.69) is 4.98 Å². The molecular formula is C14H17NO3. The third-order valence-electron chi connectivity index (χ3n) is 3.66. The number of aliphatic hydroxyl groups excluding tert-OH is 1. The van der Waals surface area contributed by atoms with Crippen LogP contribution in [0, 0.1) is 0 Å². The Morgan fingerprint density at radius 3 is 3.00 bits per heavy atom. The molecule has 0 spiro atoms. The molecule has 1 saturated heterocycles. The highest BCUT2D eigenvalue weighted by Gasteiger charge is 2.38. The average molecular weight is 247 g/mol. The van der Waals surface area contributed by atoms with E-state index in [-0.39, 0.29) is 0 Å². The number of hydrogen-bond acceptors (Lipinski definition) is 4. The standard InChI is InChI=1S/C14H17NO3/c1-14(7-4-8-17-14)12(16)9-13-15-10-5-2-3-6-11(10)18-13/h2-3,5-6,12,16H,4,7-9H2,1H3. The van der Waals surface area contributed by atoms with Gasteiger partial charge in [0.05, 0.1) is 18.1 Å². The molecule has 96 valence electrons. The lowest BCUT2D eigenvalue weighted by Crippen LogP contribution is -2.40. The zero-order chi connectivity index (χ0) is 12.6. The zero-order valence-corrected chi connectivity index (χ0v) is 10.4. The molecule has 0 amide bonds. The smallest absolute Gasteiger partial charge is 0.198 e. The van der Waals surface area contributed by atoms with Crippen molar-refractivity contribution in [3.63, 3.8) is 0 Å². The van der Waals surface area contributed by atoms with Crippen LogP contribution < -0.4 is 0 Å². The van der Waals surface area contributed by atoms with Crippen LogP contribution in [0.2, 0.25) is 0 Å². The lowest BCUT2D eigenvalue weighted by atomic mass is 9.93. The van der Waals surface area contributed by atoms with Crippen molar-refractivity contribution in [2.24, 2.45) is 0 Å². The number of rotatable bonds is 3. The van der Waals surface area contributed by atoms with E-state index in [4.69, 9.17) is 9.15 Å². The number of aliphatic hydroxyl groups is 1. The fourth-order valence-corrected chi connectivity index (χ4v) is 2.45. The molecule has 3 rings (SSSR count). The number of benzene rings is 1. The molecule has 4 heteroatoms. The largest absolute Gasteiger partial charge is 0.441 e. The summed E-state index contributed by atoms with van der Waals surface area (Å²) >= 11 is 0. The second-order valence-corrected chi connectivity index (χ2v) is 5.06. The molecule has 2 heterocycles. The van der Waals surface area contributed by atoms with Crippen molar-refractivity contribution < 1.29 is 14.3 Å². The van der Waals surface area contributed by atoms with Gasteiger partial charge in [0.25, 0.3) is 0 Å². The Hall–Kier alpha value is -1.39. The maximum atomic E-state index is 10.3. The molecule has 0 bridgehead atoms. The number of hydrogen-bond donors (Lipinski definition) is 1. The van der Waals surface area contributed by atoms with Gasteiger partial charge < -0.3 is 14.3 Å². The third kappa shape index (κ3) is 2.02. The fourth-order valence-electron chi connectivity index (χ4n) is 2.45. The van der Waals surface area contributed by atoms with Crippen LogP contribution in [0.5, 0.6) is 0 Å². The van der Waals surface area contributed by atoms with E-state index < -0.39 is 11.7 Å². The molecular weight excluding hydrogens is 230 g/mol. The Balaban J connectivity index is 1.79. The topological polar surface area (TPSA) is 55.5 Å². The Kier molecular flexibility index (Phi) is 2.84. The van der Waals surface area contributed by atoms with Gasteiger partial charge in [0.1, 0.15) is 5.52 Å². The molecule has 1 fully saturated rings. The van der Waals surface area contributed by atoms with Crippen LogP contribution in [0.4, 0.5) is 0 Å². The van der Waals surface area contributed by atoms with Gasteiger partial charge in [-0.25, -0.2) is 4.98 Å². The van der Waals surface area contributed by atoms with Gasteiger partial charge in [-0.1, -0.05) is 12.1 Å². The molecule has 1 aromatic carbocycles. The van der Waals surface area contributed by atoms with E-state index in [0.29, 0.717) is 12.3 Å². The molecule has 4 nitrogen and oxygen atoms in total. The van der Waals surface area contributed by atoms with Crippen LogP contribution in [-0.4, -0.2) is 28.4 Å². The van der Waals surface area contributed by atoms with E-state index in [0.717, 1.165) is 30.5 Å². The molecule has 2 aromatic rings. The van der Waals surface area contributed by atoms with Crippen LogP contribution in [0.1, 0.15) is 25.7 Å². The van der Waals surface area contributed by atoms with Gasteiger partial charge in [0.15, 0.2) is 11.5 Å². The Morgan fingerprint density at radius 2 is 2.28 bits per heavy atom. The minimum Gasteiger partial charge on any atom is -0.441 e. The number of nitrogens with zero attached hydrogens (tertiary/aromatic N) is 1. The van der Waals surface area contributed by atoms with E-state index in [1.807, 2.05) is 31.2 Å². The summed E-state index contributed by atoms with van der Waals surface area (Å²) in [4.78, 5) is 4.37. The summed E-state index contributed by atoms with van der Waals surface area (Å²) in [6, 6.07) is 7.62. The van der Waals surface area contributed by atoms with Crippen molar-refractivity contribution in [3.8, 4) is 0 Å². The molecule has 2 atom stereocenters. The van der Waals surface area contributed by atoms with Gasteiger partial charge in [-0.05, 0) is 31.9 Å². The number of ether oxygens (including phenoxy) is 1. The lowest BCUT2D eigenvalue weighted by molar-refractivity contribution is -0.0786. The molecule has 0 aliphatic carbocycles. The van der Waals surface area contributed by atoms with Crippen LogP contribution in [0.15, 0.2) is 28.7 Å². The first kappa shape index (κ1) is 11.7. The van der Waals surface area contributed by atoms with Crippen LogP contribution in [-0.2, 0) is 11.2 Å². The second-order valence-electron chi connectivity index (χ2n) is 5.06. The van der Waals surface area contributed by atoms with Crippen molar-refractivity contribution >= 4 is 11.1 Å². The maximum Gasteiger partial charge on any atom is 0.198 e. The van der Waals surface area contributed by atoms with Gasteiger partial charge in [-0.2, -0.15) is 0 Å². The highest BCUT2D eigenvalue weighted by atomic mass is 16.5. The lowest BCUT2D eigenvalue weighted by Gasteiger charge is -2.28. The predicted molar refractivity (Wildman–Crippen MR) is 67.3 cm³/mol. The monoisotopic (exact) mass is 247 g/mol. The van der Waals surface area contributed by atoms with Crippen molar-refractivity contribution in [1.82, 2.24) is 4.98 Å². The quantitative estimate of drug-likeness (QED) is 0.904. The normalized spacial score (nSPS) is 25.7. The summed E-state index contributed by atoms with van der Waals surface area (Å²) in [5.41, 5.74) is 1.13. The number of para-hydroxylation sites is 2. The van der Waals surface area contributed by atoms with Gasteiger partial charge in [0, 0.05) is 6.61 Å². The first-order valence-corrected chi connectivity index (χ1v) is 6.34. The summed E-state index contributed by atoms with van der Waals surface area (Å²) < 4.78 is 11.2. The maximum absolute atomic E-state index is 10.3. The fraction of sp³-hybridized carbons (Fsp3) is 0.500. The molecule has 1 aliphatic heterocycles. The highest BCUT2D eigenvalue weighted by molar-refractivity contribution is 5.72. The summed E-state index contributed by atoms with van der Waals surface area (Å²) in [5.74, 6) is 0.570. The molecule has 1 aromatic heterocycles. The number of aromatic nitrogens is 1. The number of fused-ring (bicyclic) bond motifs is 1. The van der Waals surface area contributed by atoms with Crippen LogP contribution in [0.3, 0.4) is 0 Å². The molecule has 0 radical (unpaired) electrons. The van der Waals surface area contributed by atoms with Crippen LogP contribution >= 0.6 is 0 Å². The van der Waals surface area contributed by atoms with Crippen molar-refractivity contribution in [3.05, 3.63) is 30.2 Å². The summed E-state index contributed by atoms with van der Waals surface area (Å²) in [6.07, 6.45) is 1.70. The summed E-state index contributed by atoms with van der Waals surface area (Å²) in [7, 11) is 0. The molecule has 18 heavy (non-hydrogen) atoms. The molecule has 1 N–H and O–H groups in total. The minimum absolute atomic E-state index is 0.394. The number of oxazole rings is 1. The Labute approximate surface area is 106 Å². The first-order chi connectivity index (χ1) is 8.67. The van der Waals surface area contributed by atoms with Gasteiger partial charge >= 0.3 is 0 Å². The highest BCUT2D eigenvalue weighted by Crippen LogP contribution is 2.30. The van der Waals surface area contributed by atoms with Crippen molar-refractivity contribution in [2.45, 2.75) is 37.9 Å². The summed E-state index contributed by atoms with van der Waals surface area (Å²) in [6.45, 7) is 2.68. The van der Waals surface area contributed by atoms with E-state index in [9.17, 15) is 5.11 Å². The van der Waals surface area contributed by atoms with E-state index >= 15 is 0 Å². The van der Waals surface area contributed by atoms with Gasteiger partial charge in [-0.3, -0.25) is 0 Å². The Bertz CT molecular complexity index is 510. The van der Waals surface area contributed by atoms with Crippen molar-refractivity contribution in [2.75, 3.05) is 6.61 Å². The molecule has 2 unspecified atom stereocenters. The summed E-state index contributed by atoms with van der Waals surface area (Å²) in [5, 5.41) is 10.3. The predicted octanol–water partition coefficient (Wildman–Crippen LogP) is 2.30. The van der Waals surface area contributed by atoms with Crippen molar-refractivity contribution in [1.29, 1.82) is 0 Å². The van der Waals surface area contributed by atoms with E-state index in [1.165, 1.54) is 0 Å². The second kappa shape index (κ2) is 4.37. The first-order valence-electron chi connectivity index (χ1n) is 6.34. The molecule has 1 aliphatic rings. The zero-order valence-electron chi connectivity index (χ0n) is 10.4. The van der Waals surface area contributed by atoms with Crippen LogP contribution in [0.25, 0.3) is 11.1 Å². The van der Waals surface area contributed by atoms with E-state index in [1.54, 1.807) is 0 Å². The Morgan fingerprint density at radius 1 is 1.44 bits per heavy atom. The SMILES string of the molecule is CC1(C(O)Cc2nc3ccccc3o2)CCCO1. The molecule has 0 saturated carbocycles. The van der Waals surface area contributed by atoms with Gasteiger partial charge in [-0.15, -0.1) is 0 Å². The average Bonchev–Trinajstić information content (AvgIpc) is 2.95. The van der Waals surface area contributed by atoms with Gasteiger partial charge in [0.2, 0.25) is 0 Å². The third-order valence-corrected chi connectivity index (χ3v) is 3.66.